The van der Waals surface area contributed by atoms with Gasteiger partial charge >= 0.3 is 17.9 Å². The van der Waals surface area contributed by atoms with Crippen molar-refractivity contribution in [2.24, 2.45) is 5.92 Å². The summed E-state index contributed by atoms with van der Waals surface area (Å²) < 4.78 is 28.1. The molecule has 0 saturated carbocycles. The highest BCUT2D eigenvalue weighted by Crippen LogP contribution is 2.51. The Morgan fingerprint density at radius 1 is 1.23 bits per heavy atom. The molecule has 0 aromatic carbocycles. The van der Waals surface area contributed by atoms with Crippen molar-refractivity contribution in [1.82, 2.24) is 0 Å². The molecule has 2 fully saturated rings. The van der Waals surface area contributed by atoms with Crippen molar-refractivity contribution >= 4 is 23.7 Å². The normalized spacial score (nSPS) is 40.5. The molecule has 6 atom stereocenters. The molecule has 0 aromatic rings. The molecule has 0 aromatic heterocycles. The maximum atomic E-state index is 12.9. The topological polar surface area (TPSA) is 118 Å². The number of hydrogen-bond acceptors (Lipinski definition) is 9. The van der Waals surface area contributed by atoms with Crippen LogP contribution in [0.1, 0.15) is 27.7 Å². The van der Waals surface area contributed by atoms with E-state index in [1.165, 1.54) is 26.8 Å². The maximum Gasteiger partial charge on any atom is 0.342 e. The van der Waals surface area contributed by atoms with Gasteiger partial charge in [-0.2, -0.15) is 0 Å². The van der Waals surface area contributed by atoms with Crippen molar-refractivity contribution < 1.29 is 42.9 Å². The van der Waals surface area contributed by atoms with Gasteiger partial charge in [0, 0.05) is 18.6 Å². The highest BCUT2D eigenvalue weighted by Gasteiger charge is 2.73. The molecule has 0 amide bonds. The number of rotatable bonds is 3. The van der Waals surface area contributed by atoms with Crippen LogP contribution in [0.25, 0.3) is 0 Å². The first-order valence-corrected chi connectivity index (χ1v) is 9.52. The summed E-state index contributed by atoms with van der Waals surface area (Å²) in [6, 6.07) is 0. The number of allylic oxidation sites excluding steroid dienone is 1. The molecular formula is C21H22O9. The number of ketones is 1. The highest BCUT2D eigenvalue weighted by molar-refractivity contribution is 6.01. The summed E-state index contributed by atoms with van der Waals surface area (Å²) in [7, 11) is 0. The Morgan fingerprint density at radius 3 is 2.47 bits per heavy atom. The molecular weight excluding hydrogens is 396 g/mol. The lowest BCUT2D eigenvalue weighted by Gasteiger charge is -2.39. The number of carbonyl (C=O) groups excluding carboxylic acids is 4. The molecule has 2 bridgehead atoms. The Kier molecular flexibility index (Phi) is 4.43. The van der Waals surface area contributed by atoms with Crippen LogP contribution in [-0.2, 0) is 42.9 Å². The third kappa shape index (κ3) is 2.87. The van der Waals surface area contributed by atoms with Gasteiger partial charge in [0.2, 0.25) is 11.4 Å². The van der Waals surface area contributed by atoms with E-state index in [0.29, 0.717) is 5.57 Å². The van der Waals surface area contributed by atoms with Gasteiger partial charge in [0.05, 0.1) is 12.5 Å². The average molecular weight is 418 g/mol. The first-order chi connectivity index (χ1) is 14.0. The Morgan fingerprint density at radius 2 is 1.90 bits per heavy atom. The smallest absolute Gasteiger partial charge is 0.342 e. The molecule has 4 heterocycles. The minimum absolute atomic E-state index is 0.0576. The van der Waals surface area contributed by atoms with Crippen LogP contribution in [-0.4, -0.2) is 59.8 Å². The van der Waals surface area contributed by atoms with Crippen molar-refractivity contribution in [3.05, 3.63) is 35.6 Å². The summed E-state index contributed by atoms with van der Waals surface area (Å²) in [5, 5.41) is 0. The predicted molar refractivity (Wildman–Crippen MR) is 98.6 cm³/mol. The first kappa shape index (κ1) is 20.3. The molecule has 0 N–H and O–H groups in total. The summed E-state index contributed by atoms with van der Waals surface area (Å²) in [6.45, 7) is 9.42. The summed E-state index contributed by atoms with van der Waals surface area (Å²) in [6.07, 6.45) is -0.562. The second kappa shape index (κ2) is 6.53. The van der Waals surface area contributed by atoms with Gasteiger partial charge in [0.15, 0.2) is 17.8 Å². The van der Waals surface area contributed by atoms with E-state index >= 15 is 0 Å². The highest BCUT2D eigenvalue weighted by atomic mass is 16.7. The quantitative estimate of drug-likeness (QED) is 0.285. The summed E-state index contributed by atoms with van der Waals surface area (Å²) >= 11 is 0. The SMILES string of the molecule is C=C(C)C(=O)O[C@H]1[C@@H]2[C@@H](/C=C(/C)C3=CC(=O)[C@](C)(O3)[C@H]1OC(C)=O)OC(=O)[C@@]21CO1. The molecule has 1 spiro atoms. The lowest BCUT2D eigenvalue weighted by atomic mass is 9.77. The lowest BCUT2D eigenvalue weighted by molar-refractivity contribution is -0.195. The fourth-order valence-electron chi connectivity index (χ4n) is 4.19. The zero-order valence-electron chi connectivity index (χ0n) is 17.1. The van der Waals surface area contributed by atoms with Gasteiger partial charge in [-0.1, -0.05) is 6.58 Å². The molecule has 4 aliphatic heterocycles. The first-order valence-electron chi connectivity index (χ1n) is 9.52. The van der Waals surface area contributed by atoms with Gasteiger partial charge in [-0.25, -0.2) is 9.59 Å². The van der Waals surface area contributed by atoms with Crippen molar-refractivity contribution in [3.63, 3.8) is 0 Å². The largest absolute Gasteiger partial charge is 0.475 e. The van der Waals surface area contributed by atoms with E-state index in [4.69, 9.17) is 23.7 Å². The monoisotopic (exact) mass is 418 g/mol. The van der Waals surface area contributed by atoms with Crippen LogP contribution in [0.3, 0.4) is 0 Å². The molecule has 9 heteroatoms. The second-order valence-electron chi connectivity index (χ2n) is 8.19. The van der Waals surface area contributed by atoms with E-state index in [-0.39, 0.29) is 17.9 Å². The molecule has 2 saturated heterocycles. The lowest BCUT2D eigenvalue weighted by Crippen LogP contribution is -2.59. The Labute approximate surface area is 172 Å². The van der Waals surface area contributed by atoms with Gasteiger partial charge in [0.1, 0.15) is 11.9 Å². The second-order valence-corrected chi connectivity index (χ2v) is 8.19. The fourth-order valence-corrected chi connectivity index (χ4v) is 4.19. The van der Waals surface area contributed by atoms with Gasteiger partial charge < -0.3 is 23.7 Å². The summed E-state index contributed by atoms with van der Waals surface area (Å²) in [4.78, 5) is 50.0. The van der Waals surface area contributed by atoms with Gasteiger partial charge in [-0.15, -0.1) is 0 Å². The molecule has 4 rings (SSSR count). The van der Waals surface area contributed by atoms with E-state index in [2.05, 4.69) is 6.58 Å². The van der Waals surface area contributed by atoms with Crippen LogP contribution >= 0.6 is 0 Å². The summed E-state index contributed by atoms with van der Waals surface area (Å²) in [5.74, 6) is -3.13. The number of fused-ring (bicyclic) bond motifs is 4. The fraction of sp³-hybridized carbons (Fsp3) is 0.524. The Balaban J connectivity index is 1.91. The zero-order chi connectivity index (χ0) is 22.0. The van der Waals surface area contributed by atoms with Crippen LogP contribution < -0.4 is 0 Å². The van der Waals surface area contributed by atoms with Crippen molar-refractivity contribution in [1.29, 1.82) is 0 Å². The van der Waals surface area contributed by atoms with Crippen LogP contribution in [0.4, 0.5) is 0 Å². The number of epoxide rings is 1. The van der Waals surface area contributed by atoms with Crippen molar-refractivity contribution in [2.45, 2.75) is 57.2 Å². The standard InChI is InChI=1S/C21H22O9/c1-9(2)18(24)29-16-15-13(28-19(25)21(15)8-26-21)6-10(3)12-7-14(23)20(5,30-12)17(16)27-11(4)22/h6-7,13,15-17H,1,8H2,2-5H3/b10-6-/t13-,15+,16+,17+,20+,21-/m1/s1. The van der Waals surface area contributed by atoms with Gasteiger partial charge in [-0.05, 0) is 32.4 Å². The maximum absolute atomic E-state index is 12.9. The van der Waals surface area contributed by atoms with E-state index in [1.807, 2.05) is 0 Å². The minimum atomic E-state index is -1.67. The van der Waals surface area contributed by atoms with E-state index < -0.39 is 59.1 Å². The van der Waals surface area contributed by atoms with Crippen molar-refractivity contribution in [3.8, 4) is 0 Å². The third-order valence-electron chi connectivity index (χ3n) is 5.89. The number of carbonyl (C=O) groups is 4. The Hall–Kier alpha value is -2.94. The van der Waals surface area contributed by atoms with E-state index in [9.17, 15) is 19.2 Å². The third-order valence-corrected chi connectivity index (χ3v) is 5.89. The van der Waals surface area contributed by atoms with E-state index in [0.717, 1.165) is 0 Å². The minimum Gasteiger partial charge on any atom is -0.475 e. The number of esters is 3. The average Bonchev–Trinajstić information content (AvgIpc) is 3.32. The molecule has 9 nitrogen and oxygen atoms in total. The Bertz CT molecular complexity index is 938. The van der Waals surface area contributed by atoms with Gasteiger partial charge in [-0.3, -0.25) is 9.59 Å². The van der Waals surface area contributed by atoms with E-state index in [1.54, 1.807) is 13.0 Å². The van der Waals surface area contributed by atoms with Crippen LogP contribution in [0.2, 0.25) is 0 Å². The van der Waals surface area contributed by atoms with Crippen LogP contribution in [0.5, 0.6) is 0 Å². The zero-order valence-corrected chi connectivity index (χ0v) is 17.1. The summed E-state index contributed by atoms with van der Waals surface area (Å²) in [5.41, 5.74) is -2.37. The van der Waals surface area contributed by atoms with Crippen LogP contribution in [0.15, 0.2) is 35.6 Å². The number of hydrogen-bond donors (Lipinski definition) is 0. The molecule has 4 aliphatic rings. The van der Waals surface area contributed by atoms with Gasteiger partial charge in [0.25, 0.3) is 0 Å². The molecule has 0 radical (unpaired) electrons. The molecule has 160 valence electrons. The molecule has 30 heavy (non-hydrogen) atoms. The predicted octanol–water partition coefficient (Wildman–Crippen LogP) is 0.918. The molecule has 0 unspecified atom stereocenters. The van der Waals surface area contributed by atoms with Crippen molar-refractivity contribution in [2.75, 3.05) is 6.61 Å². The molecule has 0 aliphatic carbocycles. The van der Waals surface area contributed by atoms with Crippen LogP contribution in [0, 0.1) is 5.92 Å². The number of ether oxygens (including phenoxy) is 5.